The molecule has 2 aromatic rings. The SMILES string of the molecule is Fc1cc(F)c(F)c(Nc2ccncc2Br)c1F. The van der Waals surface area contributed by atoms with E-state index in [0.717, 1.165) is 0 Å². The molecule has 0 atom stereocenters. The maximum absolute atomic E-state index is 13.4. The van der Waals surface area contributed by atoms with Crippen LogP contribution in [0.2, 0.25) is 0 Å². The fourth-order valence-electron chi connectivity index (χ4n) is 1.29. The van der Waals surface area contributed by atoms with E-state index >= 15 is 0 Å². The molecule has 0 aliphatic heterocycles. The molecule has 1 aromatic heterocycles. The number of nitrogens with one attached hydrogen (secondary N) is 1. The van der Waals surface area contributed by atoms with E-state index in [1.807, 2.05) is 0 Å². The fraction of sp³-hybridized carbons (Fsp3) is 0. The van der Waals surface area contributed by atoms with Gasteiger partial charge in [0.2, 0.25) is 0 Å². The van der Waals surface area contributed by atoms with E-state index in [1.165, 1.54) is 18.5 Å². The van der Waals surface area contributed by atoms with Gasteiger partial charge in [-0.15, -0.1) is 0 Å². The highest BCUT2D eigenvalue weighted by molar-refractivity contribution is 9.10. The van der Waals surface area contributed by atoms with Crippen molar-refractivity contribution in [1.29, 1.82) is 0 Å². The van der Waals surface area contributed by atoms with Gasteiger partial charge < -0.3 is 5.32 Å². The molecule has 1 heterocycles. The van der Waals surface area contributed by atoms with Crippen LogP contribution in [0.3, 0.4) is 0 Å². The number of nitrogens with zero attached hydrogens (tertiary/aromatic N) is 1. The van der Waals surface area contributed by atoms with Crippen molar-refractivity contribution in [2.24, 2.45) is 0 Å². The second kappa shape index (κ2) is 4.93. The van der Waals surface area contributed by atoms with Gasteiger partial charge >= 0.3 is 0 Å². The van der Waals surface area contributed by atoms with Crippen molar-refractivity contribution in [1.82, 2.24) is 4.98 Å². The Morgan fingerprint density at radius 2 is 1.67 bits per heavy atom. The summed E-state index contributed by atoms with van der Waals surface area (Å²) in [5, 5.41) is 2.27. The first-order chi connectivity index (χ1) is 8.50. The molecule has 0 fully saturated rings. The zero-order valence-corrected chi connectivity index (χ0v) is 10.2. The van der Waals surface area contributed by atoms with Crippen LogP contribution in [-0.4, -0.2) is 4.98 Å². The van der Waals surface area contributed by atoms with Crippen LogP contribution >= 0.6 is 15.9 Å². The first-order valence-electron chi connectivity index (χ1n) is 4.70. The summed E-state index contributed by atoms with van der Waals surface area (Å²) in [4.78, 5) is 3.74. The van der Waals surface area contributed by atoms with Crippen LogP contribution in [0.25, 0.3) is 0 Å². The van der Waals surface area contributed by atoms with Gasteiger partial charge in [0, 0.05) is 18.5 Å². The Hall–Kier alpha value is -1.63. The highest BCUT2D eigenvalue weighted by atomic mass is 79.9. The molecule has 0 saturated heterocycles. The predicted octanol–water partition coefficient (Wildman–Crippen LogP) is 4.14. The van der Waals surface area contributed by atoms with Gasteiger partial charge in [-0.05, 0) is 22.0 Å². The van der Waals surface area contributed by atoms with Crippen molar-refractivity contribution in [2.45, 2.75) is 0 Å². The normalized spacial score (nSPS) is 10.5. The van der Waals surface area contributed by atoms with Gasteiger partial charge in [-0.1, -0.05) is 0 Å². The molecule has 0 aliphatic rings. The molecule has 2 rings (SSSR count). The third kappa shape index (κ3) is 2.31. The molecule has 7 heteroatoms. The van der Waals surface area contributed by atoms with E-state index in [4.69, 9.17) is 0 Å². The molecule has 2 nitrogen and oxygen atoms in total. The molecule has 0 amide bonds. The first-order valence-corrected chi connectivity index (χ1v) is 5.49. The Morgan fingerprint density at radius 3 is 2.22 bits per heavy atom. The Bertz CT molecular complexity index is 578. The molecule has 94 valence electrons. The molecule has 1 N–H and O–H groups in total. The van der Waals surface area contributed by atoms with Crippen molar-refractivity contribution >= 4 is 27.3 Å². The third-order valence-electron chi connectivity index (χ3n) is 2.14. The average Bonchev–Trinajstić information content (AvgIpc) is 2.34. The molecule has 0 unspecified atom stereocenters. The van der Waals surface area contributed by atoms with E-state index in [9.17, 15) is 17.6 Å². The summed E-state index contributed by atoms with van der Waals surface area (Å²) < 4.78 is 53.1. The molecular weight excluding hydrogens is 316 g/mol. The quantitative estimate of drug-likeness (QED) is 0.664. The van der Waals surface area contributed by atoms with E-state index in [0.29, 0.717) is 4.47 Å². The lowest BCUT2D eigenvalue weighted by atomic mass is 10.2. The van der Waals surface area contributed by atoms with Gasteiger partial charge in [-0.2, -0.15) is 0 Å². The number of benzene rings is 1. The maximum Gasteiger partial charge on any atom is 0.185 e. The van der Waals surface area contributed by atoms with Crippen LogP contribution in [0.5, 0.6) is 0 Å². The highest BCUT2D eigenvalue weighted by Gasteiger charge is 2.19. The van der Waals surface area contributed by atoms with E-state index in [1.54, 1.807) is 0 Å². The van der Waals surface area contributed by atoms with Crippen LogP contribution in [0.1, 0.15) is 0 Å². The Balaban J connectivity index is 2.50. The molecule has 0 aliphatic carbocycles. The number of aromatic nitrogens is 1. The molecule has 0 saturated carbocycles. The summed E-state index contributed by atoms with van der Waals surface area (Å²) >= 11 is 3.08. The summed E-state index contributed by atoms with van der Waals surface area (Å²) in [6.45, 7) is 0. The lowest BCUT2D eigenvalue weighted by molar-refractivity contribution is 0.459. The van der Waals surface area contributed by atoms with Crippen LogP contribution in [0.4, 0.5) is 28.9 Å². The number of hydrogen-bond acceptors (Lipinski definition) is 2. The van der Waals surface area contributed by atoms with Crippen LogP contribution in [0.15, 0.2) is 29.0 Å². The molecular formula is C11H5BrF4N2. The minimum Gasteiger partial charge on any atom is -0.350 e. The van der Waals surface area contributed by atoms with Crippen molar-refractivity contribution in [3.8, 4) is 0 Å². The average molecular weight is 321 g/mol. The minimum absolute atomic E-state index is 0.150. The predicted molar refractivity (Wildman–Crippen MR) is 61.5 cm³/mol. The summed E-state index contributed by atoms with van der Waals surface area (Å²) in [7, 11) is 0. The van der Waals surface area contributed by atoms with Gasteiger partial charge in [0.1, 0.15) is 5.69 Å². The minimum atomic E-state index is -1.49. The summed E-state index contributed by atoms with van der Waals surface area (Å²) in [5.74, 6) is -5.92. The van der Waals surface area contributed by atoms with Gasteiger partial charge in [-0.25, -0.2) is 17.6 Å². The van der Waals surface area contributed by atoms with Crippen LogP contribution in [-0.2, 0) is 0 Å². The second-order valence-electron chi connectivity index (χ2n) is 3.32. The van der Waals surface area contributed by atoms with Crippen LogP contribution < -0.4 is 5.32 Å². The van der Waals surface area contributed by atoms with E-state index in [-0.39, 0.29) is 11.8 Å². The van der Waals surface area contributed by atoms with Crippen molar-refractivity contribution in [3.63, 3.8) is 0 Å². The van der Waals surface area contributed by atoms with Crippen molar-refractivity contribution < 1.29 is 17.6 Å². The Kier molecular flexibility index (Phi) is 3.51. The lowest BCUT2D eigenvalue weighted by Gasteiger charge is -2.10. The van der Waals surface area contributed by atoms with Gasteiger partial charge in [0.05, 0.1) is 10.2 Å². The summed E-state index contributed by atoms with van der Waals surface area (Å²) in [6, 6.07) is 1.54. The first kappa shape index (κ1) is 12.8. The lowest BCUT2D eigenvalue weighted by Crippen LogP contribution is -2.03. The second-order valence-corrected chi connectivity index (χ2v) is 4.18. The Morgan fingerprint density at radius 1 is 1.06 bits per heavy atom. The number of halogens is 5. The molecule has 0 bridgehead atoms. The van der Waals surface area contributed by atoms with Gasteiger partial charge in [0.15, 0.2) is 23.3 Å². The van der Waals surface area contributed by atoms with Gasteiger partial charge in [-0.3, -0.25) is 4.98 Å². The van der Waals surface area contributed by atoms with E-state index < -0.39 is 29.0 Å². The Labute approximate surface area is 108 Å². The zero-order chi connectivity index (χ0) is 13.3. The standard InChI is InChI=1S/C11H5BrF4N2/c12-5-4-17-2-1-8(5)18-11-9(15)6(13)3-7(14)10(11)16/h1-4H,(H,17,18). The van der Waals surface area contributed by atoms with Crippen molar-refractivity contribution in [3.05, 3.63) is 52.3 Å². The number of hydrogen-bond donors (Lipinski definition) is 1. The molecule has 18 heavy (non-hydrogen) atoms. The molecule has 0 radical (unpaired) electrons. The highest BCUT2D eigenvalue weighted by Crippen LogP contribution is 2.30. The number of pyridine rings is 1. The summed E-state index contributed by atoms with van der Waals surface area (Å²) in [6.07, 6.45) is 2.73. The van der Waals surface area contributed by atoms with E-state index in [2.05, 4.69) is 26.2 Å². The maximum atomic E-state index is 13.4. The number of anilines is 2. The third-order valence-corrected chi connectivity index (χ3v) is 2.78. The fourth-order valence-corrected chi connectivity index (χ4v) is 1.64. The van der Waals surface area contributed by atoms with Crippen LogP contribution in [0, 0.1) is 23.3 Å². The smallest absolute Gasteiger partial charge is 0.185 e. The topological polar surface area (TPSA) is 24.9 Å². The van der Waals surface area contributed by atoms with Gasteiger partial charge in [0.25, 0.3) is 0 Å². The monoisotopic (exact) mass is 320 g/mol. The zero-order valence-electron chi connectivity index (χ0n) is 8.65. The van der Waals surface area contributed by atoms with Crippen molar-refractivity contribution in [2.75, 3.05) is 5.32 Å². The molecule has 0 spiro atoms. The number of rotatable bonds is 2. The molecule has 1 aromatic carbocycles. The summed E-state index contributed by atoms with van der Waals surface area (Å²) in [5.41, 5.74) is -0.660. The largest absolute Gasteiger partial charge is 0.350 e.